The first-order valence-electron chi connectivity index (χ1n) is 11.3. The molecule has 186 valence electrons. The van der Waals surface area contributed by atoms with E-state index in [4.69, 9.17) is 9.72 Å². The van der Waals surface area contributed by atoms with Gasteiger partial charge in [-0.05, 0) is 42.7 Å². The van der Waals surface area contributed by atoms with Crippen LogP contribution in [0.25, 0.3) is 10.2 Å². The van der Waals surface area contributed by atoms with Gasteiger partial charge in [0.2, 0.25) is 5.91 Å². The van der Waals surface area contributed by atoms with Gasteiger partial charge in [0.1, 0.15) is 9.71 Å². The van der Waals surface area contributed by atoms with E-state index in [9.17, 15) is 14.4 Å². The molecule has 1 N–H and O–H groups in total. The second kappa shape index (κ2) is 11.9. The van der Waals surface area contributed by atoms with Crippen molar-refractivity contribution in [1.82, 2.24) is 14.9 Å². The van der Waals surface area contributed by atoms with Crippen LogP contribution in [0.2, 0.25) is 0 Å². The minimum absolute atomic E-state index is 0.0956. The van der Waals surface area contributed by atoms with Crippen LogP contribution in [0.5, 0.6) is 0 Å². The molecule has 0 bridgehead atoms. The minimum Gasteiger partial charge on any atom is -0.462 e. The topological polar surface area (TPSA) is 90.3 Å². The number of ether oxygens (including phenoxy) is 1. The van der Waals surface area contributed by atoms with Crippen LogP contribution in [0.15, 0.2) is 69.0 Å². The number of halogens is 1. The summed E-state index contributed by atoms with van der Waals surface area (Å²) in [5.74, 6) is -0.537. The quantitative estimate of drug-likeness (QED) is 0.166. The third-order valence-corrected chi connectivity index (χ3v) is 8.01. The number of fused-ring (bicyclic) bond motifs is 1. The molecule has 0 fully saturated rings. The van der Waals surface area contributed by atoms with Crippen molar-refractivity contribution in [3.63, 3.8) is 0 Å². The van der Waals surface area contributed by atoms with Crippen molar-refractivity contribution in [2.75, 3.05) is 12.4 Å². The summed E-state index contributed by atoms with van der Waals surface area (Å²) in [7, 11) is 0. The van der Waals surface area contributed by atoms with Crippen LogP contribution < -0.4 is 10.9 Å². The van der Waals surface area contributed by atoms with Gasteiger partial charge in [0.05, 0.1) is 24.3 Å². The Morgan fingerprint density at radius 3 is 2.61 bits per heavy atom. The van der Waals surface area contributed by atoms with Crippen LogP contribution in [0.1, 0.15) is 33.3 Å². The number of benzene rings is 2. The number of rotatable bonds is 9. The lowest BCUT2D eigenvalue weighted by Crippen LogP contribution is -2.27. The number of thioether (sulfide) groups is 1. The smallest absolute Gasteiger partial charge is 0.348 e. The van der Waals surface area contributed by atoms with Gasteiger partial charge in [-0.1, -0.05) is 70.2 Å². The van der Waals surface area contributed by atoms with Crippen LogP contribution >= 0.6 is 39.0 Å². The molecule has 0 saturated carbocycles. The average molecular weight is 587 g/mol. The molecule has 0 spiro atoms. The molecule has 10 heteroatoms. The van der Waals surface area contributed by atoms with Gasteiger partial charge >= 0.3 is 5.97 Å². The third-order valence-electron chi connectivity index (χ3n) is 5.37. The Labute approximate surface area is 225 Å². The monoisotopic (exact) mass is 585 g/mol. The number of hydrogen-bond donors (Lipinski definition) is 1. The summed E-state index contributed by atoms with van der Waals surface area (Å²) in [5.41, 5.74) is 2.21. The van der Waals surface area contributed by atoms with Crippen molar-refractivity contribution >= 4 is 61.1 Å². The second-order valence-corrected chi connectivity index (χ2v) is 10.8. The fourth-order valence-electron chi connectivity index (χ4n) is 3.63. The lowest BCUT2D eigenvalue weighted by molar-refractivity contribution is -0.118. The van der Waals surface area contributed by atoms with E-state index in [1.54, 1.807) is 18.4 Å². The molecular weight excluding hydrogens is 562 g/mol. The maximum atomic E-state index is 13.7. The molecule has 0 unspecified atom stereocenters. The first kappa shape index (κ1) is 26.1. The van der Waals surface area contributed by atoms with Gasteiger partial charge in [0, 0.05) is 11.0 Å². The first-order chi connectivity index (χ1) is 17.4. The van der Waals surface area contributed by atoms with Gasteiger partial charge in [-0.25, -0.2) is 9.78 Å². The zero-order valence-corrected chi connectivity index (χ0v) is 23.0. The number of esters is 1. The Bertz CT molecular complexity index is 1470. The van der Waals surface area contributed by atoms with Crippen molar-refractivity contribution in [2.45, 2.75) is 32.1 Å². The molecular formula is C26H24BrN3O4S2. The maximum Gasteiger partial charge on any atom is 0.348 e. The van der Waals surface area contributed by atoms with E-state index in [1.165, 1.54) is 11.8 Å². The molecule has 36 heavy (non-hydrogen) atoms. The number of aryl methyl sites for hydroxylation is 1. The van der Waals surface area contributed by atoms with E-state index in [0.717, 1.165) is 26.9 Å². The van der Waals surface area contributed by atoms with Crippen molar-refractivity contribution in [2.24, 2.45) is 0 Å². The molecule has 0 aliphatic carbocycles. The van der Waals surface area contributed by atoms with E-state index in [0.29, 0.717) is 32.4 Å². The highest BCUT2D eigenvalue weighted by molar-refractivity contribution is 9.10. The molecule has 0 radical (unpaired) electrons. The molecule has 2 aromatic heterocycles. The third kappa shape index (κ3) is 6.05. The SMILES string of the molecule is CCOC(=O)c1sc2nc(SCC(=O)NCc3ccccc3)n(Cc3cccc(Br)c3)c(=O)c2c1C. The standard InChI is InChI=1S/C26H24BrN3O4S2/c1-3-34-25(33)22-16(2)21-23(36-22)29-26(30(24(21)32)14-18-10-7-11-19(27)12-18)35-15-20(31)28-13-17-8-5-4-6-9-17/h4-12H,3,13-15H2,1-2H3,(H,28,31). The van der Waals surface area contributed by atoms with Crippen molar-refractivity contribution in [3.8, 4) is 0 Å². The Morgan fingerprint density at radius 2 is 1.89 bits per heavy atom. The van der Waals surface area contributed by atoms with Crippen LogP contribution in [-0.2, 0) is 22.6 Å². The van der Waals surface area contributed by atoms with Gasteiger partial charge in [-0.3, -0.25) is 14.2 Å². The molecule has 4 rings (SSSR count). The van der Waals surface area contributed by atoms with Crippen molar-refractivity contribution in [3.05, 3.63) is 91.0 Å². The minimum atomic E-state index is -0.467. The zero-order valence-electron chi connectivity index (χ0n) is 19.7. The number of hydrogen-bond acceptors (Lipinski definition) is 7. The van der Waals surface area contributed by atoms with E-state index < -0.39 is 5.97 Å². The van der Waals surface area contributed by atoms with Gasteiger partial charge in [-0.15, -0.1) is 11.3 Å². The molecule has 1 amide bonds. The average Bonchev–Trinajstić information content (AvgIpc) is 3.20. The molecule has 0 atom stereocenters. The summed E-state index contributed by atoms with van der Waals surface area (Å²) in [6.45, 7) is 4.42. The van der Waals surface area contributed by atoms with Crippen molar-refractivity contribution < 1.29 is 14.3 Å². The molecule has 2 heterocycles. The number of thiophene rings is 1. The Kier molecular flexibility index (Phi) is 8.60. The maximum absolute atomic E-state index is 13.7. The largest absolute Gasteiger partial charge is 0.462 e. The van der Waals surface area contributed by atoms with E-state index in [1.807, 2.05) is 54.6 Å². The highest BCUT2D eigenvalue weighted by atomic mass is 79.9. The molecule has 7 nitrogen and oxygen atoms in total. The van der Waals surface area contributed by atoms with E-state index >= 15 is 0 Å². The lowest BCUT2D eigenvalue weighted by Gasteiger charge is -2.13. The number of nitrogens with zero attached hydrogens (tertiary/aromatic N) is 2. The highest BCUT2D eigenvalue weighted by Gasteiger charge is 2.23. The van der Waals surface area contributed by atoms with Crippen LogP contribution in [-0.4, -0.2) is 33.8 Å². The molecule has 4 aromatic rings. The summed E-state index contributed by atoms with van der Waals surface area (Å²) in [6, 6.07) is 17.3. The van der Waals surface area contributed by atoms with Crippen LogP contribution in [0, 0.1) is 6.92 Å². The summed E-state index contributed by atoms with van der Waals surface area (Å²) in [4.78, 5) is 44.2. The van der Waals surface area contributed by atoms with Crippen molar-refractivity contribution in [1.29, 1.82) is 0 Å². The summed E-state index contributed by atoms with van der Waals surface area (Å²) in [6.07, 6.45) is 0. The van der Waals surface area contributed by atoms with E-state index in [2.05, 4.69) is 21.2 Å². The summed E-state index contributed by atoms with van der Waals surface area (Å²) in [5, 5.41) is 3.71. The molecule has 2 aromatic carbocycles. The second-order valence-electron chi connectivity index (χ2n) is 7.92. The van der Waals surface area contributed by atoms with Gasteiger partial charge in [0.15, 0.2) is 5.16 Å². The summed E-state index contributed by atoms with van der Waals surface area (Å²) < 4.78 is 7.62. The van der Waals surface area contributed by atoms with Gasteiger partial charge in [0.25, 0.3) is 5.56 Å². The predicted molar refractivity (Wildman–Crippen MR) is 147 cm³/mol. The van der Waals surface area contributed by atoms with Gasteiger partial charge in [-0.2, -0.15) is 0 Å². The van der Waals surface area contributed by atoms with Crippen LogP contribution in [0.4, 0.5) is 0 Å². The molecule has 0 aliphatic rings. The number of carbonyl (C=O) groups is 2. The normalized spacial score (nSPS) is 11.0. The highest BCUT2D eigenvalue weighted by Crippen LogP contribution is 2.30. The number of amides is 1. The zero-order chi connectivity index (χ0) is 25.7. The number of aromatic nitrogens is 2. The van der Waals surface area contributed by atoms with E-state index in [-0.39, 0.29) is 30.4 Å². The Hall–Kier alpha value is -2.95. The number of carbonyl (C=O) groups excluding carboxylic acids is 2. The number of nitrogens with one attached hydrogen (secondary N) is 1. The summed E-state index contributed by atoms with van der Waals surface area (Å²) >= 11 is 5.81. The lowest BCUT2D eigenvalue weighted by atomic mass is 10.2. The predicted octanol–water partition coefficient (Wildman–Crippen LogP) is 5.16. The molecule has 0 saturated heterocycles. The fourth-order valence-corrected chi connectivity index (χ4v) is 6.03. The van der Waals surface area contributed by atoms with Gasteiger partial charge < -0.3 is 10.1 Å². The Balaban J connectivity index is 1.66. The fraction of sp³-hybridized carbons (Fsp3) is 0.231. The van der Waals surface area contributed by atoms with Crippen LogP contribution in [0.3, 0.4) is 0 Å². The Morgan fingerprint density at radius 1 is 1.14 bits per heavy atom. The molecule has 0 aliphatic heterocycles. The first-order valence-corrected chi connectivity index (χ1v) is 13.9.